The molecule has 0 saturated carbocycles. The third-order valence-corrected chi connectivity index (χ3v) is 4.96. The molecule has 26 heavy (non-hydrogen) atoms. The SMILES string of the molecule is O=C(/C=C/CCCCCCCCC(=O)N1CCOCC1)N1CCOCC1. The Hall–Kier alpha value is -1.40. The Bertz CT molecular complexity index is 441. The molecule has 0 aromatic heterocycles. The Morgan fingerprint density at radius 1 is 0.731 bits per heavy atom. The molecule has 2 aliphatic heterocycles. The number of morpholine rings is 2. The predicted octanol–water partition coefficient (Wildman–Crippen LogP) is 2.38. The first kappa shape index (κ1) is 20.9. The number of allylic oxidation sites excluding steroid dienone is 1. The van der Waals surface area contributed by atoms with Crippen LogP contribution in [0.1, 0.15) is 51.4 Å². The summed E-state index contributed by atoms with van der Waals surface area (Å²) in [7, 11) is 0. The van der Waals surface area contributed by atoms with E-state index in [2.05, 4.69) is 0 Å². The number of rotatable bonds is 10. The second-order valence-electron chi connectivity index (χ2n) is 6.99. The lowest BCUT2D eigenvalue weighted by Crippen LogP contribution is -2.40. The largest absolute Gasteiger partial charge is 0.378 e. The number of nitrogens with zero attached hydrogens (tertiary/aromatic N) is 2. The molecule has 0 atom stereocenters. The molecule has 6 nitrogen and oxygen atoms in total. The van der Waals surface area contributed by atoms with E-state index in [1.807, 2.05) is 15.9 Å². The molecule has 2 heterocycles. The van der Waals surface area contributed by atoms with Gasteiger partial charge in [0.2, 0.25) is 11.8 Å². The number of carbonyl (C=O) groups is 2. The van der Waals surface area contributed by atoms with Crippen LogP contribution in [0.15, 0.2) is 12.2 Å². The highest BCUT2D eigenvalue weighted by molar-refractivity contribution is 5.87. The van der Waals surface area contributed by atoms with Gasteiger partial charge in [-0.05, 0) is 25.3 Å². The lowest BCUT2D eigenvalue weighted by atomic mass is 10.1. The van der Waals surface area contributed by atoms with Crippen molar-refractivity contribution in [3.63, 3.8) is 0 Å². The minimum atomic E-state index is 0.109. The van der Waals surface area contributed by atoms with Crippen LogP contribution in [0.5, 0.6) is 0 Å². The molecule has 2 fully saturated rings. The van der Waals surface area contributed by atoms with E-state index in [9.17, 15) is 9.59 Å². The summed E-state index contributed by atoms with van der Waals surface area (Å²) in [6, 6.07) is 0. The highest BCUT2D eigenvalue weighted by atomic mass is 16.5. The van der Waals surface area contributed by atoms with Gasteiger partial charge in [0.15, 0.2) is 0 Å². The molecule has 0 bridgehead atoms. The van der Waals surface area contributed by atoms with Crippen LogP contribution in [0, 0.1) is 0 Å². The maximum atomic E-state index is 12.0. The molecule has 0 aromatic rings. The minimum Gasteiger partial charge on any atom is -0.378 e. The third-order valence-electron chi connectivity index (χ3n) is 4.96. The van der Waals surface area contributed by atoms with Gasteiger partial charge in [-0.3, -0.25) is 9.59 Å². The molecule has 2 amide bonds. The van der Waals surface area contributed by atoms with E-state index in [1.165, 1.54) is 19.3 Å². The third kappa shape index (κ3) is 8.32. The number of carbonyl (C=O) groups excluding carboxylic acids is 2. The van der Waals surface area contributed by atoms with Crippen molar-refractivity contribution in [2.45, 2.75) is 51.4 Å². The van der Waals surface area contributed by atoms with Crippen LogP contribution in [0.2, 0.25) is 0 Å². The van der Waals surface area contributed by atoms with Gasteiger partial charge < -0.3 is 19.3 Å². The van der Waals surface area contributed by atoms with E-state index in [0.29, 0.717) is 45.9 Å². The molecule has 0 N–H and O–H groups in total. The second kappa shape index (κ2) is 12.9. The Morgan fingerprint density at radius 2 is 1.27 bits per heavy atom. The molecular weight excluding hydrogens is 332 g/mol. The summed E-state index contributed by atoms with van der Waals surface area (Å²) in [4.78, 5) is 27.7. The van der Waals surface area contributed by atoms with E-state index in [-0.39, 0.29) is 11.8 Å². The van der Waals surface area contributed by atoms with E-state index in [4.69, 9.17) is 9.47 Å². The molecule has 2 rings (SSSR count). The van der Waals surface area contributed by atoms with Gasteiger partial charge in [-0.2, -0.15) is 0 Å². The molecule has 148 valence electrons. The molecule has 0 aromatic carbocycles. The smallest absolute Gasteiger partial charge is 0.246 e. The quantitative estimate of drug-likeness (QED) is 0.440. The summed E-state index contributed by atoms with van der Waals surface area (Å²) in [5, 5.41) is 0. The van der Waals surface area contributed by atoms with Gasteiger partial charge in [0.1, 0.15) is 0 Å². The van der Waals surface area contributed by atoms with Crippen LogP contribution in [0.3, 0.4) is 0 Å². The van der Waals surface area contributed by atoms with Gasteiger partial charge >= 0.3 is 0 Å². The number of hydrogen-bond donors (Lipinski definition) is 0. The lowest BCUT2D eigenvalue weighted by Gasteiger charge is -2.26. The van der Waals surface area contributed by atoms with Gasteiger partial charge in [0, 0.05) is 32.6 Å². The van der Waals surface area contributed by atoms with E-state index >= 15 is 0 Å². The lowest BCUT2D eigenvalue weighted by molar-refractivity contribution is -0.135. The zero-order valence-corrected chi connectivity index (χ0v) is 16.0. The summed E-state index contributed by atoms with van der Waals surface area (Å²) >= 11 is 0. The van der Waals surface area contributed by atoms with Crippen LogP contribution < -0.4 is 0 Å². The zero-order chi connectivity index (χ0) is 18.5. The van der Waals surface area contributed by atoms with Gasteiger partial charge in [0.05, 0.1) is 26.4 Å². The maximum absolute atomic E-state index is 12.0. The van der Waals surface area contributed by atoms with Crippen molar-refractivity contribution < 1.29 is 19.1 Å². The standard InChI is InChI=1S/C20H34N2O4/c23-19(21-11-15-25-16-12-21)9-7-5-3-1-2-4-6-8-10-20(24)22-13-17-26-18-14-22/h7,9H,1-6,8,10-18H2/b9-7+. The van der Waals surface area contributed by atoms with Gasteiger partial charge in [0.25, 0.3) is 0 Å². The molecule has 2 aliphatic rings. The fourth-order valence-corrected chi connectivity index (χ4v) is 3.29. The number of ether oxygens (including phenoxy) is 2. The highest BCUT2D eigenvalue weighted by Crippen LogP contribution is 2.11. The molecule has 0 unspecified atom stereocenters. The number of unbranched alkanes of at least 4 members (excludes halogenated alkanes) is 6. The van der Waals surface area contributed by atoms with Gasteiger partial charge in [-0.25, -0.2) is 0 Å². The van der Waals surface area contributed by atoms with Crippen LogP contribution in [-0.2, 0) is 19.1 Å². The molecule has 2 saturated heterocycles. The van der Waals surface area contributed by atoms with Crippen molar-refractivity contribution in [1.82, 2.24) is 9.80 Å². The van der Waals surface area contributed by atoms with Crippen LogP contribution in [-0.4, -0.2) is 74.2 Å². The highest BCUT2D eigenvalue weighted by Gasteiger charge is 2.16. The second-order valence-corrected chi connectivity index (χ2v) is 6.99. The van der Waals surface area contributed by atoms with E-state index in [0.717, 1.165) is 38.8 Å². The molecule has 6 heteroatoms. The first-order chi connectivity index (χ1) is 12.8. The average molecular weight is 367 g/mol. The fourth-order valence-electron chi connectivity index (χ4n) is 3.29. The zero-order valence-electron chi connectivity index (χ0n) is 16.0. The van der Waals surface area contributed by atoms with Crippen molar-refractivity contribution in [2.24, 2.45) is 0 Å². The summed E-state index contributed by atoms with van der Waals surface area (Å²) in [5.74, 6) is 0.390. The van der Waals surface area contributed by atoms with Crippen LogP contribution >= 0.6 is 0 Å². The van der Waals surface area contributed by atoms with Gasteiger partial charge in [-0.15, -0.1) is 0 Å². The number of amides is 2. The maximum Gasteiger partial charge on any atom is 0.246 e. The summed E-state index contributed by atoms with van der Waals surface area (Å²) in [6.45, 7) is 5.57. The summed E-state index contributed by atoms with van der Waals surface area (Å²) in [6.07, 6.45) is 12.2. The van der Waals surface area contributed by atoms with Crippen LogP contribution in [0.25, 0.3) is 0 Å². The first-order valence-corrected chi connectivity index (χ1v) is 10.2. The van der Waals surface area contributed by atoms with E-state index < -0.39 is 0 Å². The average Bonchev–Trinajstić information content (AvgIpc) is 2.70. The predicted molar refractivity (Wildman–Crippen MR) is 101 cm³/mol. The molecule has 0 aliphatic carbocycles. The summed E-state index contributed by atoms with van der Waals surface area (Å²) in [5.41, 5.74) is 0. The van der Waals surface area contributed by atoms with E-state index in [1.54, 1.807) is 6.08 Å². The summed E-state index contributed by atoms with van der Waals surface area (Å²) < 4.78 is 10.5. The van der Waals surface area contributed by atoms with Crippen LogP contribution in [0.4, 0.5) is 0 Å². The first-order valence-electron chi connectivity index (χ1n) is 10.2. The van der Waals surface area contributed by atoms with Crippen molar-refractivity contribution in [3.8, 4) is 0 Å². The molecule has 0 spiro atoms. The molecular formula is C20H34N2O4. The van der Waals surface area contributed by atoms with Gasteiger partial charge in [-0.1, -0.05) is 31.8 Å². The Balaban J connectivity index is 1.39. The molecule has 0 radical (unpaired) electrons. The number of hydrogen-bond acceptors (Lipinski definition) is 4. The van der Waals surface area contributed by atoms with Crippen molar-refractivity contribution >= 4 is 11.8 Å². The monoisotopic (exact) mass is 366 g/mol. The van der Waals surface area contributed by atoms with Crippen molar-refractivity contribution in [2.75, 3.05) is 52.6 Å². The van der Waals surface area contributed by atoms with Crippen molar-refractivity contribution in [1.29, 1.82) is 0 Å². The Labute approximate surface area is 157 Å². The normalized spacial score (nSPS) is 18.5. The van der Waals surface area contributed by atoms with Crippen molar-refractivity contribution in [3.05, 3.63) is 12.2 Å². The Kier molecular flexibility index (Phi) is 10.4. The topological polar surface area (TPSA) is 59.1 Å². The Morgan fingerprint density at radius 3 is 1.92 bits per heavy atom. The minimum absolute atomic E-state index is 0.109. The fraction of sp³-hybridized carbons (Fsp3) is 0.800.